The zero-order valence-corrected chi connectivity index (χ0v) is 13.4. The van der Waals surface area contributed by atoms with Crippen molar-refractivity contribution in [2.45, 2.75) is 44.2 Å². The van der Waals surface area contributed by atoms with Crippen molar-refractivity contribution in [1.82, 2.24) is 15.2 Å². The van der Waals surface area contributed by atoms with E-state index < -0.39 is 5.54 Å². The average Bonchev–Trinajstić information content (AvgIpc) is 2.51. The van der Waals surface area contributed by atoms with Crippen LogP contribution in [0.1, 0.15) is 37.8 Å². The summed E-state index contributed by atoms with van der Waals surface area (Å²) >= 11 is 3.36. The lowest BCUT2D eigenvalue weighted by Gasteiger charge is -2.47. The predicted molar refractivity (Wildman–Crippen MR) is 81.3 cm³/mol. The molecule has 1 spiro atoms. The largest absolute Gasteiger partial charge is 0.345 e. The molecule has 2 heterocycles. The molecule has 6 heteroatoms. The summed E-state index contributed by atoms with van der Waals surface area (Å²) in [4.78, 5) is 30.9. The summed E-state index contributed by atoms with van der Waals surface area (Å²) < 4.78 is 0.904. The molecule has 1 saturated carbocycles. The maximum Gasteiger partial charge on any atom is 0.246 e. The van der Waals surface area contributed by atoms with Gasteiger partial charge in [0.25, 0.3) is 0 Å². The maximum atomic E-state index is 12.4. The van der Waals surface area contributed by atoms with Gasteiger partial charge in [-0.2, -0.15) is 0 Å². The number of hydrogen-bond donors (Lipinski definition) is 1. The first-order valence-electron chi connectivity index (χ1n) is 7.31. The standard InChI is InChI=1S/C15H18BrN3O2/c16-11-4-5-12(17-8-11)10-19-13(20)9-18-14(21)15(19)6-2-1-3-7-15/h4-5,8H,1-3,6-7,9-10H2,(H,18,21). The highest BCUT2D eigenvalue weighted by Gasteiger charge is 2.49. The lowest BCUT2D eigenvalue weighted by molar-refractivity contribution is -0.157. The van der Waals surface area contributed by atoms with Crippen molar-refractivity contribution in [3.8, 4) is 0 Å². The van der Waals surface area contributed by atoms with Gasteiger partial charge in [-0.05, 0) is 40.9 Å². The number of piperazine rings is 1. The van der Waals surface area contributed by atoms with Crippen molar-refractivity contribution >= 4 is 27.7 Å². The van der Waals surface area contributed by atoms with E-state index in [-0.39, 0.29) is 18.4 Å². The molecule has 0 atom stereocenters. The molecule has 5 nitrogen and oxygen atoms in total. The molecule has 112 valence electrons. The van der Waals surface area contributed by atoms with E-state index in [0.29, 0.717) is 6.54 Å². The number of halogens is 1. The third-order valence-corrected chi connectivity index (χ3v) is 4.90. The van der Waals surface area contributed by atoms with E-state index in [1.807, 2.05) is 12.1 Å². The highest BCUT2D eigenvalue weighted by molar-refractivity contribution is 9.10. The van der Waals surface area contributed by atoms with Crippen LogP contribution in [0.4, 0.5) is 0 Å². The van der Waals surface area contributed by atoms with Crippen LogP contribution in [-0.2, 0) is 16.1 Å². The minimum atomic E-state index is -0.664. The Labute approximate surface area is 132 Å². The number of pyridine rings is 1. The molecule has 0 radical (unpaired) electrons. The fourth-order valence-corrected chi connectivity index (χ4v) is 3.55. The SMILES string of the molecule is O=C1CNC(=O)C2(CCCCC2)N1Cc1ccc(Br)cn1. The van der Waals surface area contributed by atoms with Gasteiger partial charge in [0.15, 0.2) is 0 Å². The van der Waals surface area contributed by atoms with Crippen LogP contribution in [-0.4, -0.2) is 33.8 Å². The number of carbonyl (C=O) groups excluding carboxylic acids is 2. The molecule has 1 aliphatic carbocycles. The molecule has 0 bridgehead atoms. The molecule has 2 amide bonds. The highest BCUT2D eigenvalue weighted by atomic mass is 79.9. The second-order valence-corrected chi connectivity index (χ2v) is 6.64. The van der Waals surface area contributed by atoms with Gasteiger partial charge in [-0.3, -0.25) is 14.6 Å². The van der Waals surface area contributed by atoms with Gasteiger partial charge in [0.05, 0.1) is 18.8 Å². The molecule has 1 aromatic heterocycles. The van der Waals surface area contributed by atoms with E-state index in [1.165, 1.54) is 0 Å². The van der Waals surface area contributed by atoms with Gasteiger partial charge in [0, 0.05) is 10.7 Å². The fourth-order valence-electron chi connectivity index (χ4n) is 3.31. The molecular weight excluding hydrogens is 334 g/mol. The lowest BCUT2D eigenvalue weighted by atomic mass is 9.78. The van der Waals surface area contributed by atoms with Crippen molar-refractivity contribution < 1.29 is 9.59 Å². The Morgan fingerprint density at radius 3 is 2.67 bits per heavy atom. The Bertz CT molecular complexity index is 553. The monoisotopic (exact) mass is 351 g/mol. The average molecular weight is 352 g/mol. The third kappa shape index (κ3) is 2.69. The summed E-state index contributed by atoms with van der Waals surface area (Å²) in [6.45, 7) is 0.497. The quantitative estimate of drug-likeness (QED) is 0.886. The maximum absolute atomic E-state index is 12.4. The van der Waals surface area contributed by atoms with Gasteiger partial charge in [-0.15, -0.1) is 0 Å². The summed E-state index contributed by atoms with van der Waals surface area (Å²) in [5.74, 6) is -0.0138. The van der Waals surface area contributed by atoms with Gasteiger partial charge in [0.1, 0.15) is 5.54 Å². The molecular formula is C15H18BrN3O2. The summed E-state index contributed by atoms with van der Waals surface area (Å²) in [5, 5.41) is 2.76. The first-order chi connectivity index (χ1) is 10.1. The van der Waals surface area contributed by atoms with E-state index >= 15 is 0 Å². The normalized spacial score (nSPS) is 21.5. The first kappa shape index (κ1) is 14.5. The van der Waals surface area contributed by atoms with Crippen molar-refractivity contribution in [3.05, 3.63) is 28.5 Å². The van der Waals surface area contributed by atoms with E-state index in [1.54, 1.807) is 11.1 Å². The molecule has 2 fully saturated rings. The minimum absolute atomic E-state index is 0.00101. The van der Waals surface area contributed by atoms with E-state index in [4.69, 9.17) is 0 Å². The number of hydrogen-bond acceptors (Lipinski definition) is 3. The molecule has 1 aliphatic heterocycles. The van der Waals surface area contributed by atoms with E-state index in [9.17, 15) is 9.59 Å². The van der Waals surface area contributed by atoms with E-state index in [2.05, 4.69) is 26.2 Å². The van der Waals surface area contributed by atoms with Gasteiger partial charge < -0.3 is 10.2 Å². The second kappa shape index (κ2) is 5.75. The molecule has 0 aromatic carbocycles. The van der Waals surface area contributed by atoms with Crippen LogP contribution in [0.15, 0.2) is 22.8 Å². The molecule has 1 aromatic rings. The second-order valence-electron chi connectivity index (χ2n) is 5.72. The van der Waals surface area contributed by atoms with Crippen LogP contribution >= 0.6 is 15.9 Å². The predicted octanol–water partition coefficient (Wildman–Crippen LogP) is 2.01. The highest BCUT2D eigenvalue weighted by Crippen LogP contribution is 2.36. The minimum Gasteiger partial charge on any atom is -0.345 e. The zero-order chi connectivity index (χ0) is 14.9. The van der Waals surface area contributed by atoms with Gasteiger partial charge in [-0.1, -0.05) is 19.3 Å². The van der Waals surface area contributed by atoms with Crippen molar-refractivity contribution in [1.29, 1.82) is 0 Å². The molecule has 0 unspecified atom stereocenters. The van der Waals surface area contributed by atoms with Crippen LogP contribution in [0.5, 0.6) is 0 Å². The summed E-state index contributed by atoms with van der Waals surface area (Å²) in [6, 6.07) is 3.80. The van der Waals surface area contributed by atoms with Crippen LogP contribution < -0.4 is 5.32 Å². The summed E-state index contributed by atoms with van der Waals surface area (Å²) in [6.07, 6.45) is 6.34. The molecule has 21 heavy (non-hydrogen) atoms. The van der Waals surface area contributed by atoms with E-state index in [0.717, 1.165) is 42.3 Å². The van der Waals surface area contributed by atoms with Crippen LogP contribution in [0, 0.1) is 0 Å². The van der Waals surface area contributed by atoms with Gasteiger partial charge in [-0.25, -0.2) is 0 Å². The molecule has 1 saturated heterocycles. The lowest BCUT2D eigenvalue weighted by Crippen LogP contribution is -2.67. The smallest absolute Gasteiger partial charge is 0.246 e. The fraction of sp³-hybridized carbons (Fsp3) is 0.533. The van der Waals surface area contributed by atoms with Crippen LogP contribution in [0.3, 0.4) is 0 Å². The Hall–Kier alpha value is -1.43. The topological polar surface area (TPSA) is 62.3 Å². The number of carbonyl (C=O) groups is 2. The zero-order valence-electron chi connectivity index (χ0n) is 11.8. The Morgan fingerprint density at radius 1 is 1.24 bits per heavy atom. The number of nitrogens with one attached hydrogen (secondary N) is 1. The van der Waals surface area contributed by atoms with Gasteiger partial charge >= 0.3 is 0 Å². The number of rotatable bonds is 2. The Morgan fingerprint density at radius 2 is 2.00 bits per heavy atom. The number of aromatic nitrogens is 1. The Kier molecular flexibility index (Phi) is 3.97. The van der Waals surface area contributed by atoms with Crippen LogP contribution in [0.2, 0.25) is 0 Å². The molecule has 1 N–H and O–H groups in total. The third-order valence-electron chi connectivity index (χ3n) is 4.43. The molecule has 3 rings (SSSR count). The van der Waals surface area contributed by atoms with Crippen molar-refractivity contribution in [2.24, 2.45) is 0 Å². The number of nitrogens with zero attached hydrogens (tertiary/aromatic N) is 2. The van der Waals surface area contributed by atoms with Crippen molar-refractivity contribution in [3.63, 3.8) is 0 Å². The van der Waals surface area contributed by atoms with Gasteiger partial charge in [0.2, 0.25) is 11.8 Å². The molecule has 2 aliphatic rings. The summed E-state index contributed by atoms with van der Waals surface area (Å²) in [5.41, 5.74) is 0.147. The van der Waals surface area contributed by atoms with Crippen molar-refractivity contribution in [2.75, 3.05) is 6.54 Å². The van der Waals surface area contributed by atoms with Crippen LogP contribution in [0.25, 0.3) is 0 Å². The summed E-state index contributed by atoms with van der Waals surface area (Å²) in [7, 11) is 0. The number of amides is 2. The Balaban J connectivity index is 1.89. The first-order valence-corrected chi connectivity index (χ1v) is 8.10.